The molecule has 1 N–H and O–H groups in total. The highest BCUT2D eigenvalue weighted by Gasteiger charge is 2.28. The summed E-state index contributed by atoms with van der Waals surface area (Å²) >= 11 is 6.07. The zero-order valence-corrected chi connectivity index (χ0v) is 15.8. The number of sulfonamides is 1. The van der Waals surface area contributed by atoms with Crippen LogP contribution in [0.4, 0.5) is 14.5 Å². The standard InChI is InChI=1S/C18H17ClF2N2O3S/c19-15-6-5-13(22-18(24)14-10-12(20)4-7-16(14)21)11-17(15)27(25,26)23-8-2-1-3-9-23/h4-7,10-11H,1-3,8-9H2,(H,22,24). The highest BCUT2D eigenvalue weighted by Crippen LogP contribution is 2.29. The SMILES string of the molecule is O=C(Nc1ccc(Cl)c(S(=O)(=O)N2CCCCC2)c1)c1cc(F)ccc1F. The molecule has 1 saturated heterocycles. The predicted octanol–water partition coefficient (Wildman–Crippen LogP) is 4.05. The zero-order valence-electron chi connectivity index (χ0n) is 14.2. The molecule has 0 aliphatic carbocycles. The van der Waals surface area contributed by atoms with Gasteiger partial charge in [-0.05, 0) is 49.2 Å². The molecule has 1 heterocycles. The van der Waals surface area contributed by atoms with Crippen molar-refractivity contribution in [1.82, 2.24) is 4.31 Å². The van der Waals surface area contributed by atoms with Crippen LogP contribution in [0.2, 0.25) is 5.02 Å². The molecule has 0 unspecified atom stereocenters. The summed E-state index contributed by atoms with van der Waals surface area (Å²) in [7, 11) is -3.81. The topological polar surface area (TPSA) is 66.5 Å². The van der Waals surface area contributed by atoms with Gasteiger partial charge in [-0.2, -0.15) is 4.31 Å². The first kappa shape index (κ1) is 19.7. The van der Waals surface area contributed by atoms with E-state index in [9.17, 15) is 22.0 Å². The largest absolute Gasteiger partial charge is 0.322 e. The first-order valence-electron chi connectivity index (χ1n) is 8.35. The van der Waals surface area contributed by atoms with Crippen LogP contribution in [0.3, 0.4) is 0 Å². The first-order chi connectivity index (χ1) is 12.8. The maximum atomic E-state index is 13.7. The molecule has 144 valence electrons. The number of hydrogen-bond donors (Lipinski definition) is 1. The normalized spacial score (nSPS) is 15.5. The minimum Gasteiger partial charge on any atom is -0.322 e. The van der Waals surface area contributed by atoms with Gasteiger partial charge in [-0.1, -0.05) is 18.0 Å². The number of nitrogens with zero attached hydrogens (tertiary/aromatic N) is 1. The third kappa shape index (κ3) is 4.28. The number of carbonyl (C=O) groups excluding carboxylic acids is 1. The van der Waals surface area contributed by atoms with Crippen LogP contribution in [0.15, 0.2) is 41.3 Å². The summed E-state index contributed by atoms with van der Waals surface area (Å²) in [5.41, 5.74) is -0.367. The number of nitrogens with one attached hydrogen (secondary N) is 1. The van der Waals surface area contributed by atoms with Crippen LogP contribution < -0.4 is 5.32 Å². The maximum absolute atomic E-state index is 13.7. The second kappa shape index (κ2) is 7.92. The van der Waals surface area contributed by atoms with E-state index in [1.807, 2.05) is 0 Å². The van der Waals surface area contributed by atoms with Crippen LogP contribution in [-0.2, 0) is 10.0 Å². The number of piperidine rings is 1. The van der Waals surface area contributed by atoms with E-state index in [0.29, 0.717) is 13.1 Å². The van der Waals surface area contributed by atoms with E-state index in [4.69, 9.17) is 11.6 Å². The van der Waals surface area contributed by atoms with E-state index in [1.54, 1.807) is 0 Å². The average molecular weight is 415 g/mol. The van der Waals surface area contributed by atoms with Gasteiger partial charge >= 0.3 is 0 Å². The number of benzene rings is 2. The Morgan fingerprint density at radius 3 is 2.44 bits per heavy atom. The molecule has 9 heteroatoms. The van der Waals surface area contributed by atoms with Gasteiger partial charge in [0.2, 0.25) is 10.0 Å². The molecule has 2 aromatic rings. The Morgan fingerprint density at radius 2 is 1.74 bits per heavy atom. The van der Waals surface area contributed by atoms with E-state index >= 15 is 0 Å². The highest BCUT2D eigenvalue weighted by molar-refractivity contribution is 7.89. The van der Waals surface area contributed by atoms with Gasteiger partial charge in [0.15, 0.2) is 0 Å². The summed E-state index contributed by atoms with van der Waals surface area (Å²) in [6, 6.07) is 6.48. The lowest BCUT2D eigenvalue weighted by Gasteiger charge is -2.26. The van der Waals surface area contributed by atoms with Crippen LogP contribution >= 0.6 is 11.6 Å². The van der Waals surface area contributed by atoms with E-state index in [0.717, 1.165) is 37.5 Å². The second-order valence-electron chi connectivity index (χ2n) is 6.19. The van der Waals surface area contributed by atoms with E-state index in [1.165, 1.54) is 22.5 Å². The predicted molar refractivity (Wildman–Crippen MR) is 98.4 cm³/mol. The number of amides is 1. The molecule has 3 rings (SSSR count). The van der Waals surface area contributed by atoms with Gasteiger partial charge in [0.1, 0.15) is 16.5 Å². The lowest BCUT2D eigenvalue weighted by Crippen LogP contribution is -2.35. The molecule has 1 aliphatic rings. The van der Waals surface area contributed by atoms with Crippen LogP contribution in [0.1, 0.15) is 29.6 Å². The molecule has 1 fully saturated rings. The third-order valence-corrected chi connectivity index (χ3v) is 6.68. The van der Waals surface area contributed by atoms with Crippen LogP contribution in [0, 0.1) is 11.6 Å². The Morgan fingerprint density at radius 1 is 1.04 bits per heavy atom. The summed E-state index contributed by atoms with van der Waals surface area (Å²) in [6.07, 6.45) is 2.51. The summed E-state index contributed by atoms with van der Waals surface area (Å²) in [4.78, 5) is 12.1. The molecule has 0 aromatic heterocycles. The van der Waals surface area contributed by atoms with Crippen molar-refractivity contribution in [2.24, 2.45) is 0 Å². The maximum Gasteiger partial charge on any atom is 0.258 e. The summed E-state index contributed by atoms with van der Waals surface area (Å²) in [5.74, 6) is -2.54. The molecule has 5 nitrogen and oxygen atoms in total. The van der Waals surface area contributed by atoms with Crippen molar-refractivity contribution in [2.45, 2.75) is 24.2 Å². The smallest absolute Gasteiger partial charge is 0.258 e. The van der Waals surface area contributed by atoms with Gasteiger partial charge in [0.05, 0.1) is 10.6 Å². The van der Waals surface area contributed by atoms with Crippen LogP contribution in [0.5, 0.6) is 0 Å². The Labute approximate surface area is 161 Å². The van der Waals surface area contributed by atoms with Crippen LogP contribution in [0.25, 0.3) is 0 Å². The summed E-state index contributed by atoms with van der Waals surface area (Å²) < 4.78 is 54.0. The first-order valence-corrected chi connectivity index (χ1v) is 10.2. The second-order valence-corrected chi connectivity index (χ2v) is 8.50. The van der Waals surface area contributed by atoms with Gasteiger partial charge in [-0.3, -0.25) is 4.79 Å². The van der Waals surface area contributed by atoms with E-state index in [2.05, 4.69) is 5.32 Å². The number of hydrogen-bond acceptors (Lipinski definition) is 3. The molecular formula is C18H17ClF2N2O3S. The monoisotopic (exact) mass is 414 g/mol. The zero-order chi connectivity index (χ0) is 19.6. The van der Waals surface area contributed by atoms with Gasteiger partial charge in [-0.15, -0.1) is 0 Å². The molecule has 27 heavy (non-hydrogen) atoms. The van der Waals surface area contributed by atoms with Crippen molar-refractivity contribution in [3.8, 4) is 0 Å². The third-order valence-electron chi connectivity index (χ3n) is 4.29. The van der Waals surface area contributed by atoms with E-state index < -0.39 is 33.1 Å². The minimum atomic E-state index is -3.81. The molecular weight excluding hydrogens is 398 g/mol. The fraction of sp³-hybridized carbons (Fsp3) is 0.278. The molecule has 0 radical (unpaired) electrons. The van der Waals surface area contributed by atoms with Crippen molar-refractivity contribution in [1.29, 1.82) is 0 Å². The molecule has 0 saturated carbocycles. The van der Waals surface area contributed by atoms with Gasteiger partial charge < -0.3 is 5.32 Å². The molecule has 0 bridgehead atoms. The average Bonchev–Trinajstić information content (AvgIpc) is 2.65. The van der Waals surface area contributed by atoms with Crippen molar-refractivity contribution < 1.29 is 22.0 Å². The van der Waals surface area contributed by atoms with Gasteiger partial charge in [-0.25, -0.2) is 17.2 Å². The molecule has 2 aromatic carbocycles. The van der Waals surface area contributed by atoms with Crippen molar-refractivity contribution in [3.05, 3.63) is 58.6 Å². The number of anilines is 1. The Bertz CT molecular complexity index is 977. The molecule has 0 spiro atoms. The van der Waals surface area contributed by atoms with Crippen LogP contribution in [-0.4, -0.2) is 31.7 Å². The fourth-order valence-electron chi connectivity index (χ4n) is 2.89. The van der Waals surface area contributed by atoms with Gasteiger partial charge in [0, 0.05) is 18.8 Å². The van der Waals surface area contributed by atoms with Crippen molar-refractivity contribution in [3.63, 3.8) is 0 Å². The van der Waals surface area contributed by atoms with Crippen molar-refractivity contribution >= 4 is 33.2 Å². The van der Waals surface area contributed by atoms with Crippen molar-refractivity contribution in [2.75, 3.05) is 18.4 Å². The number of rotatable bonds is 4. The summed E-state index contributed by atoms with van der Waals surface area (Å²) in [5, 5.41) is 2.41. The van der Waals surface area contributed by atoms with Gasteiger partial charge in [0.25, 0.3) is 5.91 Å². The van der Waals surface area contributed by atoms with E-state index in [-0.39, 0.29) is 15.6 Å². The molecule has 1 aliphatic heterocycles. The minimum absolute atomic E-state index is 0.0236. The number of halogens is 3. The number of carbonyl (C=O) groups is 1. The quantitative estimate of drug-likeness (QED) is 0.820. The Hall–Kier alpha value is -2.03. The fourth-order valence-corrected chi connectivity index (χ4v) is 4.91. The molecule has 1 amide bonds. The lowest BCUT2D eigenvalue weighted by atomic mass is 10.2. The summed E-state index contributed by atoms with van der Waals surface area (Å²) in [6.45, 7) is 0.813. The Balaban J connectivity index is 1.89. The highest BCUT2D eigenvalue weighted by atomic mass is 35.5. The Kier molecular flexibility index (Phi) is 5.78. The lowest BCUT2D eigenvalue weighted by molar-refractivity contribution is 0.102. The molecule has 0 atom stereocenters.